The lowest BCUT2D eigenvalue weighted by Crippen LogP contribution is -2.47. The topological polar surface area (TPSA) is 71.0 Å². The molecule has 2 bridgehead atoms. The molecule has 3 unspecified atom stereocenters. The van der Waals surface area contributed by atoms with Crippen molar-refractivity contribution in [1.82, 2.24) is 20.1 Å². The summed E-state index contributed by atoms with van der Waals surface area (Å²) in [4.78, 5) is 20.0. The van der Waals surface area contributed by atoms with E-state index in [1.54, 1.807) is 6.20 Å². The molecule has 1 aromatic carbocycles. The standard InChI is InChI=1S/C23H23N5O/c1-15-8-9-22(24-13-15)26-20-11-16-12-21(20)28(14-16)23(29)18-6-3-2-5-17(18)19-7-4-10-25-27-19/h2-10,13,16,20-21H,11-12,14H2,1H3,(H,24,26). The van der Waals surface area contributed by atoms with Gasteiger partial charge in [0.1, 0.15) is 5.82 Å². The maximum absolute atomic E-state index is 13.5. The van der Waals surface area contributed by atoms with Gasteiger partial charge in [0.25, 0.3) is 5.91 Å². The third-order valence-corrected chi connectivity index (χ3v) is 5.99. The van der Waals surface area contributed by atoms with Crippen LogP contribution in [0, 0.1) is 12.8 Å². The van der Waals surface area contributed by atoms with Gasteiger partial charge in [-0.15, -0.1) is 0 Å². The minimum atomic E-state index is 0.0714. The van der Waals surface area contributed by atoms with Crippen LogP contribution in [0.4, 0.5) is 5.82 Å². The number of aromatic nitrogens is 3. The Hall–Kier alpha value is -3.28. The third kappa shape index (κ3) is 3.35. The molecule has 3 atom stereocenters. The van der Waals surface area contributed by atoms with Crippen molar-refractivity contribution >= 4 is 11.7 Å². The van der Waals surface area contributed by atoms with Crippen molar-refractivity contribution in [1.29, 1.82) is 0 Å². The number of rotatable bonds is 4. The van der Waals surface area contributed by atoms with Gasteiger partial charge in [-0.3, -0.25) is 4.79 Å². The predicted molar refractivity (Wildman–Crippen MR) is 111 cm³/mol. The van der Waals surface area contributed by atoms with Gasteiger partial charge in [-0.2, -0.15) is 10.2 Å². The van der Waals surface area contributed by atoms with Crippen LogP contribution < -0.4 is 5.32 Å². The highest BCUT2D eigenvalue weighted by atomic mass is 16.2. The van der Waals surface area contributed by atoms with Gasteiger partial charge in [0.2, 0.25) is 0 Å². The number of hydrogen-bond acceptors (Lipinski definition) is 5. The number of nitrogens with one attached hydrogen (secondary N) is 1. The first-order valence-corrected chi connectivity index (χ1v) is 10.1. The van der Waals surface area contributed by atoms with Crippen molar-refractivity contribution in [2.24, 2.45) is 5.92 Å². The summed E-state index contributed by atoms with van der Waals surface area (Å²) in [5.74, 6) is 1.48. The molecule has 3 heterocycles. The van der Waals surface area contributed by atoms with Crippen LogP contribution in [0.2, 0.25) is 0 Å². The molecule has 1 N–H and O–H groups in total. The van der Waals surface area contributed by atoms with Gasteiger partial charge < -0.3 is 10.2 Å². The first-order chi connectivity index (χ1) is 14.2. The zero-order valence-electron chi connectivity index (χ0n) is 16.3. The second-order valence-electron chi connectivity index (χ2n) is 7.99. The SMILES string of the molecule is Cc1ccc(NC2CC3CC2N(C(=O)c2ccccc2-c2cccnn2)C3)nc1. The van der Waals surface area contributed by atoms with Crippen LogP contribution in [0.3, 0.4) is 0 Å². The number of amides is 1. The minimum Gasteiger partial charge on any atom is -0.365 e. The maximum Gasteiger partial charge on any atom is 0.254 e. The van der Waals surface area contributed by atoms with E-state index < -0.39 is 0 Å². The summed E-state index contributed by atoms with van der Waals surface area (Å²) < 4.78 is 0. The molecule has 6 nitrogen and oxygen atoms in total. The molecule has 1 aliphatic heterocycles. The first kappa shape index (κ1) is 17.8. The largest absolute Gasteiger partial charge is 0.365 e. The van der Waals surface area contributed by atoms with Crippen molar-refractivity contribution in [3.05, 3.63) is 72.1 Å². The molecule has 6 heteroatoms. The zero-order valence-corrected chi connectivity index (χ0v) is 16.3. The van der Waals surface area contributed by atoms with Gasteiger partial charge in [0.15, 0.2) is 0 Å². The van der Waals surface area contributed by atoms with E-state index in [9.17, 15) is 4.79 Å². The van der Waals surface area contributed by atoms with Crippen LogP contribution >= 0.6 is 0 Å². The van der Waals surface area contributed by atoms with E-state index in [4.69, 9.17) is 0 Å². The Morgan fingerprint density at radius 1 is 1.10 bits per heavy atom. The monoisotopic (exact) mass is 385 g/mol. The Labute approximate surface area is 170 Å². The van der Waals surface area contributed by atoms with E-state index >= 15 is 0 Å². The van der Waals surface area contributed by atoms with Crippen molar-refractivity contribution in [2.75, 3.05) is 11.9 Å². The van der Waals surface area contributed by atoms with Gasteiger partial charge in [0, 0.05) is 36.1 Å². The number of nitrogens with zero attached hydrogens (tertiary/aromatic N) is 4. The average Bonchev–Trinajstić information content (AvgIpc) is 3.36. The Balaban J connectivity index is 1.39. The molecule has 1 amide bonds. The van der Waals surface area contributed by atoms with Crippen molar-refractivity contribution in [3.63, 3.8) is 0 Å². The first-order valence-electron chi connectivity index (χ1n) is 10.1. The molecule has 5 rings (SSSR count). The van der Waals surface area contributed by atoms with E-state index in [-0.39, 0.29) is 18.0 Å². The van der Waals surface area contributed by atoms with E-state index in [0.717, 1.165) is 42.0 Å². The molecule has 146 valence electrons. The number of piperidine rings is 1. The van der Waals surface area contributed by atoms with E-state index in [0.29, 0.717) is 11.5 Å². The molecule has 3 aromatic rings. The Morgan fingerprint density at radius 2 is 2.00 bits per heavy atom. The second-order valence-corrected chi connectivity index (χ2v) is 7.99. The second kappa shape index (κ2) is 7.28. The summed E-state index contributed by atoms with van der Waals surface area (Å²) in [5, 5.41) is 11.7. The van der Waals surface area contributed by atoms with E-state index in [1.165, 1.54) is 0 Å². The van der Waals surface area contributed by atoms with Crippen molar-refractivity contribution < 1.29 is 4.79 Å². The number of benzene rings is 1. The maximum atomic E-state index is 13.5. The molecule has 2 fully saturated rings. The van der Waals surface area contributed by atoms with Crippen molar-refractivity contribution in [3.8, 4) is 11.3 Å². The van der Waals surface area contributed by atoms with Crippen LogP contribution in [0.1, 0.15) is 28.8 Å². The highest BCUT2D eigenvalue weighted by Crippen LogP contribution is 2.40. The molecular formula is C23H23N5O. The van der Waals surface area contributed by atoms with Crippen LogP contribution in [0.5, 0.6) is 0 Å². The van der Waals surface area contributed by atoms with Crippen molar-refractivity contribution in [2.45, 2.75) is 31.8 Å². The fourth-order valence-electron chi connectivity index (χ4n) is 4.65. The lowest BCUT2D eigenvalue weighted by atomic mass is 10.0. The number of fused-ring (bicyclic) bond motifs is 2. The number of hydrogen-bond donors (Lipinski definition) is 1. The van der Waals surface area contributed by atoms with Gasteiger partial charge in [0.05, 0.1) is 11.7 Å². The quantitative estimate of drug-likeness (QED) is 0.744. The molecule has 2 aliphatic rings. The molecule has 1 aliphatic carbocycles. The number of likely N-dealkylation sites (tertiary alicyclic amines) is 1. The number of carbonyl (C=O) groups is 1. The smallest absolute Gasteiger partial charge is 0.254 e. The molecule has 0 radical (unpaired) electrons. The summed E-state index contributed by atoms with van der Waals surface area (Å²) >= 11 is 0. The van der Waals surface area contributed by atoms with Crippen LogP contribution in [0.25, 0.3) is 11.3 Å². The third-order valence-electron chi connectivity index (χ3n) is 5.99. The van der Waals surface area contributed by atoms with Crippen LogP contribution in [-0.4, -0.2) is 44.6 Å². The Morgan fingerprint density at radius 3 is 2.76 bits per heavy atom. The van der Waals surface area contributed by atoms with Gasteiger partial charge in [-0.1, -0.05) is 24.3 Å². The highest BCUT2D eigenvalue weighted by molar-refractivity contribution is 6.00. The predicted octanol–water partition coefficient (Wildman–Crippen LogP) is 3.56. The Kier molecular flexibility index (Phi) is 4.46. The normalized spacial score (nSPS) is 22.7. The highest BCUT2D eigenvalue weighted by Gasteiger charge is 2.47. The summed E-state index contributed by atoms with van der Waals surface area (Å²) in [6.45, 7) is 2.85. The lowest BCUT2D eigenvalue weighted by Gasteiger charge is -2.34. The molecule has 2 aromatic heterocycles. The number of anilines is 1. The summed E-state index contributed by atoms with van der Waals surface area (Å²) in [7, 11) is 0. The molecule has 0 spiro atoms. The zero-order chi connectivity index (χ0) is 19.8. The molecule has 1 saturated carbocycles. The minimum absolute atomic E-state index is 0.0714. The number of pyridine rings is 1. The molecular weight excluding hydrogens is 362 g/mol. The summed E-state index contributed by atoms with van der Waals surface area (Å²) in [6.07, 6.45) is 5.64. The summed E-state index contributed by atoms with van der Waals surface area (Å²) in [5.41, 5.74) is 3.38. The van der Waals surface area contributed by atoms with Crippen LogP contribution in [0.15, 0.2) is 60.9 Å². The number of aryl methyl sites for hydroxylation is 1. The van der Waals surface area contributed by atoms with E-state index in [2.05, 4.69) is 26.6 Å². The molecule has 29 heavy (non-hydrogen) atoms. The Bertz CT molecular complexity index is 1020. The average molecular weight is 385 g/mol. The lowest BCUT2D eigenvalue weighted by molar-refractivity contribution is 0.0693. The van der Waals surface area contributed by atoms with Gasteiger partial charge in [-0.25, -0.2) is 4.98 Å². The van der Waals surface area contributed by atoms with E-state index in [1.807, 2.05) is 60.5 Å². The van der Waals surface area contributed by atoms with Gasteiger partial charge >= 0.3 is 0 Å². The molecule has 1 saturated heterocycles. The van der Waals surface area contributed by atoms with Gasteiger partial charge in [-0.05, 0) is 55.5 Å². The summed E-state index contributed by atoms with van der Waals surface area (Å²) in [6, 6.07) is 15.9. The number of carbonyl (C=O) groups excluding carboxylic acids is 1. The fraction of sp³-hybridized carbons (Fsp3) is 0.304. The fourth-order valence-corrected chi connectivity index (χ4v) is 4.65. The van der Waals surface area contributed by atoms with Crippen LogP contribution in [-0.2, 0) is 0 Å².